The first-order chi connectivity index (χ1) is 14.6. The molecule has 5 atom stereocenters. The summed E-state index contributed by atoms with van der Waals surface area (Å²) in [6, 6.07) is 9.27. The molecule has 0 bridgehead atoms. The summed E-state index contributed by atoms with van der Waals surface area (Å²) in [6.07, 6.45) is 13.1. The zero-order valence-electron chi connectivity index (χ0n) is 18.2. The average molecular weight is 421 g/mol. The molecule has 3 heteroatoms. The van der Waals surface area contributed by atoms with Gasteiger partial charge < -0.3 is 4.74 Å². The van der Waals surface area contributed by atoms with Gasteiger partial charge in [-0.15, -0.1) is 11.8 Å². The molecule has 0 radical (unpaired) electrons. The van der Waals surface area contributed by atoms with Crippen molar-refractivity contribution < 1.29 is 9.53 Å². The van der Waals surface area contributed by atoms with Crippen molar-refractivity contribution in [1.82, 2.24) is 0 Å². The molecule has 0 N–H and O–H groups in total. The van der Waals surface area contributed by atoms with Gasteiger partial charge in [0.25, 0.3) is 0 Å². The molecular formula is C27H32O2S. The highest BCUT2D eigenvalue weighted by atomic mass is 32.2. The predicted molar refractivity (Wildman–Crippen MR) is 122 cm³/mol. The molecule has 1 spiro atoms. The number of carbonyl (C=O) groups excluding carboxylic acids is 1. The number of fused-ring (bicyclic) bond motifs is 5. The van der Waals surface area contributed by atoms with E-state index in [0.29, 0.717) is 17.6 Å². The summed E-state index contributed by atoms with van der Waals surface area (Å²) in [5, 5.41) is 0. The van der Waals surface area contributed by atoms with Gasteiger partial charge in [0, 0.05) is 22.6 Å². The van der Waals surface area contributed by atoms with Crippen LogP contribution < -0.4 is 0 Å². The molecule has 6 rings (SSSR count). The lowest BCUT2D eigenvalue weighted by Crippen LogP contribution is -2.61. The lowest BCUT2D eigenvalue weighted by atomic mass is 9.52. The zero-order chi connectivity index (χ0) is 20.5. The van der Waals surface area contributed by atoms with Crippen molar-refractivity contribution in [2.24, 2.45) is 17.3 Å². The van der Waals surface area contributed by atoms with Crippen LogP contribution in [0, 0.1) is 17.3 Å². The lowest BCUT2D eigenvalue weighted by Gasteiger charge is -2.60. The van der Waals surface area contributed by atoms with Crippen LogP contribution in [0.1, 0.15) is 69.8 Å². The molecular weight excluding hydrogens is 388 g/mol. The second-order valence-electron chi connectivity index (χ2n) is 10.4. The van der Waals surface area contributed by atoms with Crippen LogP contribution in [0.5, 0.6) is 0 Å². The van der Waals surface area contributed by atoms with Gasteiger partial charge in [0.1, 0.15) is 0 Å². The van der Waals surface area contributed by atoms with Crippen molar-refractivity contribution in [2.45, 2.75) is 74.7 Å². The molecule has 2 saturated carbocycles. The Bertz CT molecular complexity index is 958. The smallest absolute Gasteiger partial charge is 0.156 e. The molecule has 30 heavy (non-hydrogen) atoms. The van der Waals surface area contributed by atoms with E-state index in [0.717, 1.165) is 31.8 Å². The molecule has 0 amide bonds. The molecule has 0 aromatic heterocycles. The van der Waals surface area contributed by atoms with Gasteiger partial charge in [0.2, 0.25) is 0 Å². The minimum absolute atomic E-state index is 0.0351. The summed E-state index contributed by atoms with van der Waals surface area (Å²) in [5.74, 6) is 2.34. The van der Waals surface area contributed by atoms with Crippen LogP contribution in [0.3, 0.4) is 0 Å². The van der Waals surface area contributed by atoms with Crippen LogP contribution in [0.4, 0.5) is 0 Å². The third kappa shape index (κ3) is 2.51. The van der Waals surface area contributed by atoms with E-state index in [1.807, 2.05) is 17.8 Å². The molecule has 1 aromatic rings. The van der Waals surface area contributed by atoms with Gasteiger partial charge in [-0.3, -0.25) is 4.79 Å². The zero-order valence-corrected chi connectivity index (χ0v) is 19.0. The van der Waals surface area contributed by atoms with E-state index in [1.165, 1.54) is 48.1 Å². The fourth-order valence-corrected chi connectivity index (χ4v) is 8.35. The number of ketones is 1. The second-order valence-corrected chi connectivity index (χ2v) is 11.3. The number of ether oxygens (including phenoxy) is 1. The highest BCUT2D eigenvalue weighted by Crippen LogP contribution is 2.70. The van der Waals surface area contributed by atoms with Gasteiger partial charge in [0.05, 0.1) is 12.2 Å². The van der Waals surface area contributed by atoms with Crippen LogP contribution in [0.15, 0.2) is 52.0 Å². The topological polar surface area (TPSA) is 26.3 Å². The lowest BCUT2D eigenvalue weighted by molar-refractivity contribution is -0.235. The Hall–Kier alpha value is -1.32. The van der Waals surface area contributed by atoms with Crippen LogP contribution in [-0.4, -0.2) is 24.2 Å². The molecule has 2 unspecified atom stereocenters. The monoisotopic (exact) mass is 420 g/mol. The highest BCUT2D eigenvalue weighted by molar-refractivity contribution is 7.98. The van der Waals surface area contributed by atoms with Gasteiger partial charge in [0.15, 0.2) is 5.78 Å². The Morgan fingerprint density at radius 1 is 1.03 bits per heavy atom. The minimum Gasteiger partial charge on any atom is -0.373 e. The van der Waals surface area contributed by atoms with Crippen molar-refractivity contribution in [3.63, 3.8) is 0 Å². The molecule has 3 fully saturated rings. The first kappa shape index (κ1) is 19.4. The van der Waals surface area contributed by atoms with Gasteiger partial charge >= 0.3 is 0 Å². The Kier molecular flexibility index (Phi) is 4.42. The Labute approximate surface area is 184 Å². The average Bonchev–Trinajstić information content (AvgIpc) is 3.08. The van der Waals surface area contributed by atoms with E-state index < -0.39 is 0 Å². The van der Waals surface area contributed by atoms with Crippen molar-refractivity contribution in [1.29, 1.82) is 0 Å². The Morgan fingerprint density at radius 2 is 1.87 bits per heavy atom. The van der Waals surface area contributed by atoms with Crippen molar-refractivity contribution in [3.05, 3.63) is 52.6 Å². The largest absolute Gasteiger partial charge is 0.373 e. The molecule has 1 heterocycles. The van der Waals surface area contributed by atoms with Gasteiger partial charge in [-0.25, -0.2) is 0 Å². The van der Waals surface area contributed by atoms with Crippen molar-refractivity contribution in [3.8, 4) is 0 Å². The maximum Gasteiger partial charge on any atom is 0.156 e. The molecule has 1 aromatic carbocycles. The Morgan fingerprint density at radius 3 is 2.60 bits per heavy atom. The van der Waals surface area contributed by atoms with Crippen molar-refractivity contribution >= 4 is 17.5 Å². The van der Waals surface area contributed by atoms with Crippen LogP contribution in [-0.2, 0) is 9.53 Å². The maximum absolute atomic E-state index is 11.9. The van der Waals surface area contributed by atoms with E-state index in [1.54, 1.807) is 11.1 Å². The van der Waals surface area contributed by atoms with E-state index in [2.05, 4.69) is 37.4 Å². The third-order valence-corrected chi connectivity index (χ3v) is 10.2. The van der Waals surface area contributed by atoms with Crippen LogP contribution >= 0.6 is 11.8 Å². The predicted octanol–water partition coefficient (Wildman–Crippen LogP) is 6.47. The summed E-state index contributed by atoms with van der Waals surface area (Å²) in [4.78, 5) is 13.3. The van der Waals surface area contributed by atoms with Gasteiger partial charge in [-0.1, -0.05) is 24.6 Å². The molecule has 5 aliphatic rings. The summed E-state index contributed by atoms with van der Waals surface area (Å²) in [7, 11) is 0. The number of benzene rings is 1. The molecule has 158 valence electrons. The SMILES string of the molecule is CSc1ccc(C2COC23CC[C@H]2[C@@H]4CCC5=CC(=O)CCC5=C4CC[C@@]23C)cc1. The number of rotatable bonds is 2. The third-order valence-electron chi connectivity index (χ3n) is 9.50. The van der Waals surface area contributed by atoms with Crippen molar-refractivity contribution in [2.75, 3.05) is 12.9 Å². The summed E-state index contributed by atoms with van der Waals surface area (Å²) < 4.78 is 6.60. The number of carbonyl (C=O) groups is 1. The standard InChI is InChI=1S/C27H32O2S/c1-26-13-11-22-21-10-6-19(28)15-18(21)5-9-23(22)24(26)12-14-27(26)25(16-29-27)17-3-7-20(30-2)8-4-17/h3-4,7-8,15,23-25H,5-6,9-14,16H2,1-2H3/t23-,24+,25?,26+,27?/m1/s1. The maximum atomic E-state index is 11.9. The van der Waals surface area contributed by atoms with Gasteiger partial charge in [-0.2, -0.15) is 0 Å². The van der Waals surface area contributed by atoms with E-state index in [4.69, 9.17) is 4.74 Å². The Balaban J connectivity index is 1.33. The number of hydrogen-bond acceptors (Lipinski definition) is 3. The van der Waals surface area contributed by atoms with E-state index >= 15 is 0 Å². The molecule has 1 saturated heterocycles. The minimum atomic E-state index is 0.0351. The summed E-state index contributed by atoms with van der Waals surface area (Å²) >= 11 is 1.82. The summed E-state index contributed by atoms with van der Waals surface area (Å²) in [5.41, 5.74) is 6.46. The number of thioether (sulfide) groups is 1. The molecule has 4 aliphatic carbocycles. The first-order valence-electron chi connectivity index (χ1n) is 11.8. The highest BCUT2D eigenvalue weighted by Gasteiger charge is 2.68. The van der Waals surface area contributed by atoms with Crippen LogP contribution in [0.2, 0.25) is 0 Å². The van der Waals surface area contributed by atoms with E-state index in [9.17, 15) is 4.79 Å². The van der Waals surface area contributed by atoms with Crippen LogP contribution in [0.25, 0.3) is 0 Å². The normalized spacial score (nSPS) is 39.9. The fraction of sp³-hybridized carbons (Fsp3) is 0.593. The second kappa shape index (κ2) is 6.84. The number of allylic oxidation sites excluding steroid dienone is 4. The molecule has 1 aliphatic heterocycles. The number of hydrogen-bond donors (Lipinski definition) is 0. The summed E-state index contributed by atoms with van der Waals surface area (Å²) in [6.45, 7) is 3.44. The fourth-order valence-electron chi connectivity index (χ4n) is 7.94. The first-order valence-corrected chi connectivity index (χ1v) is 13.0. The van der Waals surface area contributed by atoms with Gasteiger partial charge in [-0.05, 0) is 98.0 Å². The quantitative estimate of drug-likeness (QED) is 0.513. The van der Waals surface area contributed by atoms with E-state index in [-0.39, 0.29) is 11.0 Å². The molecule has 2 nitrogen and oxygen atoms in total.